The lowest BCUT2D eigenvalue weighted by Gasteiger charge is -2.53. The molecule has 0 aromatic carbocycles. The molecule has 2 fully saturated rings. The van der Waals surface area contributed by atoms with Crippen LogP contribution in [-0.2, 0) is 11.2 Å². The Morgan fingerprint density at radius 1 is 1.37 bits per heavy atom. The number of thiazole rings is 1. The van der Waals surface area contributed by atoms with Crippen LogP contribution in [0.1, 0.15) is 55.1 Å². The minimum atomic E-state index is -0.424. The molecule has 4 nitrogen and oxygen atoms in total. The van der Waals surface area contributed by atoms with Crippen molar-refractivity contribution < 1.29 is 9.90 Å². The van der Waals surface area contributed by atoms with Crippen LogP contribution in [0.25, 0.3) is 0 Å². The molecular formula is C21H32N2O2S2. The number of carbonyl (C=O) groups excluding carboxylic acids is 1. The van der Waals surface area contributed by atoms with Crippen molar-refractivity contribution in [3.63, 3.8) is 0 Å². The standard InChI is InChI=1S/C21H32N2O2S2/c1-12(20(25)23-7-9-26-10-8-23)15-5-6-21(4)11-16-18(22-14(3)27-16)13(2)17(21)19(15)24/h12-13,15,17,19,24H,5-11H2,1-4H3. The van der Waals surface area contributed by atoms with Gasteiger partial charge in [-0.25, -0.2) is 4.98 Å². The Labute approximate surface area is 171 Å². The molecule has 6 heteroatoms. The van der Waals surface area contributed by atoms with E-state index in [0.29, 0.717) is 0 Å². The smallest absolute Gasteiger partial charge is 0.225 e. The lowest BCUT2D eigenvalue weighted by Crippen LogP contribution is -2.54. The van der Waals surface area contributed by atoms with E-state index in [2.05, 4.69) is 20.8 Å². The second kappa shape index (κ2) is 7.34. The normalized spacial score (nSPS) is 37.4. The maximum Gasteiger partial charge on any atom is 0.225 e. The Balaban J connectivity index is 1.56. The van der Waals surface area contributed by atoms with Crippen molar-refractivity contribution in [3.05, 3.63) is 15.6 Å². The number of thioether (sulfide) groups is 1. The fraction of sp³-hybridized carbons (Fsp3) is 0.810. The number of aliphatic hydroxyl groups is 1. The van der Waals surface area contributed by atoms with Gasteiger partial charge in [-0.15, -0.1) is 11.3 Å². The van der Waals surface area contributed by atoms with Crippen LogP contribution in [0.3, 0.4) is 0 Å². The van der Waals surface area contributed by atoms with Crippen molar-refractivity contribution in [3.8, 4) is 0 Å². The van der Waals surface area contributed by atoms with Crippen LogP contribution >= 0.6 is 23.1 Å². The average molecular weight is 409 g/mol. The van der Waals surface area contributed by atoms with E-state index >= 15 is 0 Å². The van der Waals surface area contributed by atoms with Crippen LogP contribution in [0.2, 0.25) is 0 Å². The minimum Gasteiger partial charge on any atom is -0.392 e. The van der Waals surface area contributed by atoms with Gasteiger partial charge in [0.05, 0.1) is 16.8 Å². The molecule has 1 N–H and O–H groups in total. The molecule has 0 bridgehead atoms. The third-order valence-electron chi connectivity index (χ3n) is 7.38. The molecule has 6 atom stereocenters. The van der Waals surface area contributed by atoms with Gasteiger partial charge in [0, 0.05) is 41.3 Å². The molecule has 27 heavy (non-hydrogen) atoms. The first-order chi connectivity index (χ1) is 12.8. The highest BCUT2D eigenvalue weighted by Crippen LogP contribution is 2.57. The van der Waals surface area contributed by atoms with E-state index in [1.54, 1.807) is 0 Å². The van der Waals surface area contributed by atoms with Crippen molar-refractivity contribution in [1.82, 2.24) is 9.88 Å². The van der Waals surface area contributed by atoms with Crippen molar-refractivity contribution in [2.24, 2.45) is 23.2 Å². The number of carbonyl (C=O) groups is 1. The van der Waals surface area contributed by atoms with Gasteiger partial charge < -0.3 is 10.0 Å². The third kappa shape index (κ3) is 3.36. The summed E-state index contributed by atoms with van der Waals surface area (Å²) in [4.78, 5) is 21.3. The summed E-state index contributed by atoms with van der Waals surface area (Å²) in [6.07, 6.45) is 2.64. The number of hydrogen-bond donors (Lipinski definition) is 1. The van der Waals surface area contributed by atoms with Crippen LogP contribution in [0.15, 0.2) is 0 Å². The molecule has 3 aliphatic rings. The number of hydrogen-bond acceptors (Lipinski definition) is 5. The summed E-state index contributed by atoms with van der Waals surface area (Å²) in [5, 5.41) is 12.6. The predicted octanol–water partition coefficient (Wildman–Crippen LogP) is 3.72. The topological polar surface area (TPSA) is 53.4 Å². The van der Waals surface area contributed by atoms with Crippen LogP contribution in [0, 0.1) is 30.1 Å². The Morgan fingerprint density at radius 3 is 2.78 bits per heavy atom. The SMILES string of the molecule is Cc1nc2c(s1)CC1(C)CCC(C(C)C(=O)N3CCSCC3)C(O)C1C2C. The van der Waals surface area contributed by atoms with E-state index in [1.807, 2.05) is 34.9 Å². The molecule has 1 aromatic heterocycles. The van der Waals surface area contributed by atoms with Gasteiger partial charge in [-0.2, -0.15) is 11.8 Å². The predicted molar refractivity (Wildman–Crippen MR) is 112 cm³/mol. The van der Waals surface area contributed by atoms with Crippen LogP contribution in [0.4, 0.5) is 0 Å². The fourth-order valence-corrected chi connectivity index (χ4v) is 8.06. The molecule has 2 heterocycles. The number of rotatable bonds is 2. The van der Waals surface area contributed by atoms with Crippen molar-refractivity contribution in [2.75, 3.05) is 24.6 Å². The monoisotopic (exact) mass is 408 g/mol. The molecule has 1 aliphatic heterocycles. The summed E-state index contributed by atoms with van der Waals surface area (Å²) >= 11 is 3.75. The summed E-state index contributed by atoms with van der Waals surface area (Å²) in [6, 6.07) is 0. The molecule has 150 valence electrons. The van der Waals surface area contributed by atoms with Gasteiger partial charge in [0.15, 0.2) is 0 Å². The van der Waals surface area contributed by atoms with Crippen molar-refractivity contribution >= 4 is 29.0 Å². The first-order valence-electron chi connectivity index (χ1n) is 10.3. The Kier molecular flexibility index (Phi) is 5.36. The zero-order valence-electron chi connectivity index (χ0n) is 16.9. The van der Waals surface area contributed by atoms with E-state index in [9.17, 15) is 9.90 Å². The third-order valence-corrected chi connectivity index (χ3v) is 9.31. The quantitative estimate of drug-likeness (QED) is 0.810. The second-order valence-electron chi connectivity index (χ2n) is 9.11. The summed E-state index contributed by atoms with van der Waals surface area (Å²) < 4.78 is 0. The molecular weight excluding hydrogens is 376 g/mol. The average Bonchev–Trinajstić information content (AvgIpc) is 3.01. The summed E-state index contributed by atoms with van der Waals surface area (Å²) in [5.74, 6) is 2.74. The van der Waals surface area contributed by atoms with Gasteiger partial charge in [-0.1, -0.05) is 20.8 Å². The number of amides is 1. The van der Waals surface area contributed by atoms with Crippen molar-refractivity contribution in [2.45, 2.75) is 59.0 Å². The molecule has 1 amide bonds. The lowest BCUT2D eigenvalue weighted by molar-refractivity contribution is -0.144. The van der Waals surface area contributed by atoms with Gasteiger partial charge in [-0.3, -0.25) is 4.79 Å². The molecule has 2 aliphatic carbocycles. The first-order valence-corrected chi connectivity index (χ1v) is 12.3. The Bertz CT molecular complexity index is 715. The lowest BCUT2D eigenvalue weighted by atomic mass is 9.53. The Hall–Kier alpha value is -0.590. The number of fused-ring (bicyclic) bond motifs is 2. The summed E-state index contributed by atoms with van der Waals surface area (Å²) in [6.45, 7) is 10.4. The van der Waals surface area contributed by atoms with Gasteiger partial charge in [-0.05, 0) is 43.4 Å². The van der Waals surface area contributed by atoms with E-state index < -0.39 is 6.10 Å². The summed E-state index contributed by atoms with van der Waals surface area (Å²) in [7, 11) is 0. The number of aromatic nitrogens is 1. The van der Waals surface area contributed by atoms with Gasteiger partial charge in [0.2, 0.25) is 5.91 Å². The maximum absolute atomic E-state index is 13.1. The summed E-state index contributed by atoms with van der Waals surface area (Å²) in [5.41, 5.74) is 1.32. The Morgan fingerprint density at radius 2 is 2.07 bits per heavy atom. The van der Waals surface area contributed by atoms with Gasteiger partial charge in [0.1, 0.15) is 0 Å². The molecule has 1 saturated carbocycles. The number of nitrogens with zero attached hydrogens (tertiary/aromatic N) is 2. The highest BCUT2D eigenvalue weighted by atomic mass is 32.2. The van der Waals surface area contributed by atoms with Gasteiger partial charge >= 0.3 is 0 Å². The van der Waals surface area contributed by atoms with Crippen LogP contribution in [-0.4, -0.2) is 51.6 Å². The zero-order valence-corrected chi connectivity index (χ0v) is 18.5. The largest absolute Gasteiger partial charge is 0.392 e. The minimum absolute atomic E-state index is 0.0638. The molecule has 1 saturated heterocycles. The molecule has 0 radical (unpaired) electrons. The van der Waals surface area contributed by atoms with E-state index in [0.717, 1.165) is 48.9 Å². The molecule has 0 spiro atoms. The maximum atomic E-state index is 13.1. The zero-order chi connectivity index (χ0) is 19.3. The fourth-order valence-electron chi connectivity index (χ4n) is 5.92. The molecule has 1 aromatic rings. The first kappa shape index (κ1) is 19.7. The number of aryl methyl sites for hydroxylation is 1. The highest BCUT2D eigenvalue weighted by Gasteiger charge is 2.54. The van der Waals surface area contributed by atoms with E-state index in [1.165, 1.54) is 10.6 Å². The van der Waals surface area contributed by atoms with E-state index in [4.69, 9.17) is 4.98 Å². The van der Waals surface area contributed by atoms with E-state index in [-0.39, 0.29) is 35.0 Å². The second-order valence-corrected chi connectivity index (χ2v) is 11.6. The highest BCUT2D eigenvalue weighted by molar-refractivity contribution is 7.99. The van der Waals surface area contributed by atoms with Crippen molar-refractivity contribution in [1.29, 1.82) is 0 Å². The van der Waals surface area contributed by atoms with Crippen LogP contribution < -0.4 is 0 Å². The number of aliphatic hydroxyl groups excluding tert-OH is 1. The van der Waals surface area contributed by atoms with Crippen LogP contribution in [0.5, 0.6) is 0 Å². The van der Waals surface area contributed by atoms with Gasteiger partial charge in [0.25, 0.3) is 0 Å². The molecule has 6 unspecified atom stereocenters. The molecule has 4 rings (SSSR count).